The molecule has 2 unspecified atom stereocenters. The molecule has 1 aliphatic heterocycles. The molecule has 1 saturated heterocycles. The maximum Gasteiger partial charge on any atom is 0.305 e. The van der Waals surface area contributed by atoms with E-state index in [2.05, 4.69) is 6.92 Å². The Balaban J connectivity index is 2.04. The summed E-state index contributed by atoms with van der Waals surface area (Å²) in [4.78, 5) is 11.5. The molecule has 1 heterocycles. The predicted octanol–water partition coefficient (Wildman–Crippen LogP) is 3.43. The van der Waals surface area contributed by atoms with E-state index in [1.165, 1.54) is 19.3 Å². The molecule has 19 heavy (non-hydrogen) atoms. The van der Waals surface area contributed by atoms with Crippen molar-refractivity contribution in [2.75, 3.05) is 13.2 Å². The number of hydrogen-bond donors (Lipinski definition) is 0. The van der Waals surface area contributed by atoms with Crippen LogP contribution in [0.2, 0.25) is 0 Å². The van der Waals surface area contributed by atoms with Gasteiger partial charge in [0.15, 0.2) is 5.79 Å². The van der Waals surface area contributed by atoms with Gasteiger partial charge in [-0.15, -0.1) is 0 Å². The van der Waals surface area contributed by atoms with Gasteiger partial charge in [-0.3, -0.25) is 4.79 Å². The lowest BCUT2D eigenvalue weighted by atomic mass is 10.1. The van der Waals surface area contributed by atoms with Gasteiger partial charge in [0.25, 0.3) is 0 Å². The van der Waals surface area contributed by atoms with Crippen LogP contribution in [-0.2, 0) is 19.0 Å². The molecule has 0 aliphatic carbocycles. The number of unbranched alkanes of at least 4 members (excludes halogenated alkanes) is 4. The highest BCUT2D eigenvalue weighted by molar-refractivity contribution is 5.69. The van der Waals surface area contributed by atoms with Crippen molar-refractivity contribution in [2.24, 2.45) is 0 Å². The van der Waals surface area contributed by atoms with E-state index in [1.54, 1.807) is 0 Å². The lowest BCUT2D eigenvalue weighted by Gasteiger charge is -2.20. The molecule has 0 spiro atoms. The molecule has 1 aliphatic rings. The van der Waals surface area contributed by atoms with Gasteiger partial charge >= 0.3 is 5.97 Å². The molecular formula is C15H28O4. The summed E-state index contributed by atoms with van der Waals surface area (Å²) in [6.07, 6.45) is 6.91. The first-order valence-electron chi connectivity index (χ1n) is 7.57. The van der Waals surface area contributed by atoms with Crippen LogP contribution in [0.3, 0.4) is 0 Å². The molecule has 112 valence electrons. The van der Waals surface area contributed by atoms with Gasteiger partial charge in [-0.2, -0.15) is 0 Å². The number of hydrogen-bond acceptors (Lipinski definition) is 4. The zero-order valence-electron chi connectivity index (χ0n) is 12.6. The van der Waals surface area contributed by atoms with Crippen LogP contribution in [0.4, 0.5) is 0 Å². The maximum absolute atomic E-state index is 11.5. The number of carbonyl (C=O) groups is 1. The van der Waals surface area contributed by atoms with Crippen molar-refractivity contribution in [1.29, 1.82) is 0 Å². The second-order valence-corrected chi connectivity index (χ2v) is 5.39. The van der Waals surface area contributed by atoms with E-state index in [0.717, 1.165) is 19.3 Å². The monoisotopic (exact) mass is 272 g/mol. The first-order valence-corrected chi connectivity index (χ1v) is 7.57. The third-order valence-corrected chi connectivity index (χ3v) is 3.55. The minimum Gasteiger partial charge on any atom is -0.463 e. The van der Waals surface area contributed by atoms with E-state index in [1.807, 2.05) is 13.8 Å². The minimum atomic E-state index is -0.503. The zero-order chi connectivity index (χ0) is 14.1. The summed E-state index contributed by atoms with van der Waals surface area (Å²) in [5.74, 6) is -0.623. The Labute approximate surface area is 116 Å². The van der Waals surface area contributed by atoms with Crippen molar-refractivity contribution < 1.29 is 19.0 Å². The first kappa shape index (κ1) is 16.4. The third-order valence-electron chi connectivity index (χ3n) is 3.55. The molecule has 2 atom stereocenters. The highest BCUT2D eigenvalue weighted by Crippen LogP contribution is 2.26. The predicted molar refractivity (Wildman–Crippen MR) is 73.9 cm³/mol. The Hall–Kier alpha value is -0.610. The second-order valence-electron chi connectivity index (χ2n) is 5.39. The van der Waals surface area contributed by atoms with Crippen molar-refractivity contribution in [2.45, 2.75) is 77.6 Å². The maximum atomic E-state index is 11.5. The van der Waals surface area contributed by atoms with Crippen molar-refractivity contribution in [3.05, 3.63) is 0 Å². The highest BCUT2D eigenvalue weighted by atomic mass is 16.7. The van der Waals surface area contributed by atoms with E-state index < -0.39 is 5.79 Å². The summed E-state index contributed by atoms with van der Waals surface area (Å²) in [6.45, 7) is 6.94. The fourth-order valence-electron chi connectivity index (χ4n) is 2.09. The van der Waals surface area contributed by atoms with Crippen LogP contribution in [0.15, 0.2) is 0 Å². The third kappa shape index (κ3) is 6.39. The van der Waals surface area contributed by atoms with Gasteiger partial charge in [-0.1, -0.05) is 39.5 Å². The molecule has 4 heteroatoms. The summed E-state index contributed by atoms with van der Waals surface area (Å²) in [5, 5.41) is 0. The summed E-state index contributed by atoms with van der Waals surface area (Å²) >= 11 is 0. The molecule has 0 N–H and O–H groups in total. The largest absolute Gasteiger partial charge is 0.463 e. The Morgan fingerprint density at radius 1 is 1.26 bits per heavy atom. The van der Waals surface area contributed by atoms with Gasteiger partial charge in [0.1, 0.15) is 12.7 Å². The summed E-state index contributed by atoms with van der Waals surface area (Å²) in [7, 11) is 0. The van der Waals surface area contributed by atoms with Crippen LogP contribution >= 0.6 is 0 Å². The van der Waals surface area contributed by atoms with Gasteiger partial charge in [0.05, 0.1) is 6.61 Å². The number of carbonyl (C=O) groups excluding carboxylic acids is 1. The van der Waals surface area contributed by atoms with Gasteiger partial charge in [0.2, 0.25) is 0 Å². The quantitative estimate of drug-likeness (QED) is 0.476. The summed E-state index contributed by atoms with van der Waals surface area (Å²) < 4.78 is 16.5. The smallest absolute Gasteiger partial charge is 0.305 e. The van der Waals surface area contributed by atoms with Crippen molar-refractivity contribution in [3.8, 4) is 0 Å². The van der Waals surface area contributed by atoms with Crippen LogP contribution in [0.25, 0.3) is 0 Å². The van der Waals surface area contributed by atoms with Crippen molar-refractivity contribution in [1.82, 2.24) is 0 Å². The van der Waals surface area contributed by atoms with E-state index in [4.69, 9.17) is 14.2 Å². The van der Waals surface area contributed by atoms with E-state index >= 15 is 0 Å². The molecular weight excluding hydrogens is 244 g/mol. The van der Waals surface area contributed by atoms with E-state index in [-0.39, 0.29) is 12.1 Å². The molecule has 0 amide bonds. The zero-order valence-corrected chi connectivity index (χ0v) is 12.6. The number of esters is 1. The molecule has 0 bridgehead atoms. The van der Waals surface area contributed by atoms with Crippen LogP contribution in [-0.4, -0.2) is 31.1 Å². The summed E-state index contributed by atoms with van der Waals surface area (Å²) in [6, 6.07) is 0. The standard InChI is InChI=1S/C15H28O4/c1-4-6-7-8-9-10-14(16)17-11-13-12-18-15(3,5-2)19-13/h13H,4-12H2,1-3H3. The van der Waals surface area contributed by atoms with Crippen molar-refractivity contribution in [3.63, 3.8) is 0 Å². The first-order chi connectivity index (χ1) is 9.09. The summed E-state index contributed by atoms with van der Waals surface area (Å²) in [5.41, 5.74) is 0. The molecule has 0 aromatic rings. The molecule has 1 rings (SSSR count). The SMILES string of the molecule is CCCCCCCC(=O)OCC1COC(C)(CC)O1. The van der Waals surface area contributed by atoms with E-state index in [9.17, 15) is 4.79 Å². The van der Waals surface area contributed by atoms with Crippen LogP contribution in [0, 0.1) is 0 Å². The topological polar surface area (TPSA) is 44.8 Å². The minimum absolute atomic E-state index is 0.117. The molecule has 1 fully saturated rings. The lowest BCUT2D eigenvalue weighted by molar-refractivity contribution is -0.167. The van der Waals surface area contributed by atoms with Crippen molar-refractivity contribution >= 4 is 5.97 Å². The molecule has 0 aromatic carbocycles. The van der Waals surface area contributed by atoms with E-state index in [0.29, 0.717) is 19.6 Å². The Morgan fingerprint density at radius 2 is 2.00 bits per heavy atom. The highest BCUT2D eigenvalue weighted by Gasteiger charge is 2.35. The Kier molecular flexibility index (Phi) is 7.39. The van der Waals surface area contributed by atoms with Gasteiger partial charge in [0, 0.05) is 6.42 Å². The van der Waals surface area contributed by atoms with Crippen LogP contribution < -0.4 is 0 Å². The Bertz CT molecular complexity index is 267. The molecule has 0 saturated carbocycles. The number of ether oxygens (including phenoxy) is 3. The molecule has 4 nitrogen and oxygen atoms in total. The van der Waals surface area contributed by atoms with Crippen LogP contribution in [0.5, 0.6) is 0 Å². The fourth-order valence-corrected chi connectivity index (χ4v) is 2.09. The molecule has 0 aromatic heterocycles. The average molecular weight is 272 g/mol. The molecule has 0 radical (unpaired) electrons. The lowest BCUT2D eigenvalue weighted by Crippen LogP contribution is -2.27. The average Bonchev–Trinajstić information content (AvgIpc) is 2.79. The Morgan fingerprint density at radius 3 is 2.63 bits per heavy atom. The second kappa shape index (κ2) is 8.54. The number of rotatable bonds is 9. The van der Waals surface area contributed by atoms with Gasteiger partial charge in [-0.05, 0) is 19.8 Å². The van der Waals surface area contributed by atoms with Crippen LogP contribution in [0.1, 0.15) is 65.7 Å². The fraction of sp³-hybridized carbons (Fsp3) is 0.933. The van der Waals surface area contributed by atoms with Gasteiger partial charge in [-0.25, -0.2) is 0 Å². The normalized spacial score (nSPS) is 26.6. The van der Waals surface area contributed by atoms with Gasteiger partial charge < -0.3 is 14.2 Å².